The second-order valence-electron chi connectivity index (χ2n) is 3.74. The molecule has 0 saturated heterocycles. The van der Waals surface area contributed by atoms with Gasteiger partial charge in [-0.25, -0.2) is 0 Å². The summed E-state index contributed by atoms with van der Waals surface area (Å²) in [6.45, 7) is 0. The molecule has 2 aromatic rings. The normalized spacial score (nSPS) is 19.9. The molecule has 0 amide bonds. The summed E-state index contributed by atoms with van der Waals surface area (Å²) in [5.74, 6) is 0. The van der Waals surface area contributed by atoms with E-state index in [1.807, 2.05) is 34.4 Å². The molecule has 1 atom stereocenters. The number of thiophene rings is 2. The van der Waals surface area contributed by atoms with Gasteiger partial charge < -0.3 is 0 Å². The predicted octanol–water partition coefficient (Wildman–Crippen LogP) is 5.10. The molecule has 3 rings (SSSR count). The SMILES string of the molecule is I[P+](c1cccs1)(c1cccs1)C1CC=CS1. The molecule has 0 aromatic carbocycles. The predicted molar refractivity (Wildman–Crippen MR) is 94.0 cm³/mol. The number of hydrogen-bond donors (Lipinski definition) is 0. The molecule has 0 nitrogen and oxygen atoms in total. The van der Waals surface area contributed by atoms with E-state index >= 15 is 0 Å². The van der Waals surface area contributed by atoms with Crippen LogP contribution in [0, 0.1) is 0 Å². The maximum Gasteiger partial charge on any atom is 0.175 e. The first-order valence-corrected chi connectivity index (χ1v) is 12.6. The van der Waals surface area contributed by atoms with Gasteiger partial charge in [-0.2, -0.15) is 0 Å². The smallest absolute Gasteiger partial charge is 0.106 e. The van der Waals surface area contributed by atoms with Gasteiger partial charge in [-0.15, -0.1) is 22.7 Å². The third kappa shape index (κ3) is 2.27. The van der Waals surface area contributed by atoms with Crippen molar-refractivity contribution in [1.29, 1.82) is 0 Å². The summed E-state index contributed by atoms with van der Waals surface area (Å²) in [7, 11) is 0. The van der Waals surface area contributed by atoms with Gasteiger partial charge in [0.1, 0.15) is 4.99 Å². The van der Waals surface area contributed by atoms with E-state index in [4.69, 9.17) is 0 Å². The second-order valence-corrected chi connectivity index (χ2v) is 15.1. The van der Waals surface area contributed by atoms with Gasteiger partial charge in [-0.3, -0.25) is 0 Å². The minimum atomic E-state index is -1.22. The highest BCUT2D eigenvalue weighted by atomic mass is 127. The summed E-state index contributed by atoms with van der Waals surface area (Å²) in [5, 5.41) is 6.70. The molecule has 88 valence electrons. The van der Waals surface area contributed by atoms with Gasteiger partial charge >= 0.3 is 0 Å². The maximum absolute atomic E-state index is 2.77. The molecule has 0 bridgehead atoms. The van der Waals surface area contributed by atoms with Crippen molar-refractivity contribution < 1.29 is 0 Å². The molecule has 17 heavy (non-hydrogen) atoms. The van der Waals surface area contributed by atoms with E-state index in [0.29, 0.717) is 0 Å². The van der Waals surface area contributed by atoms with Gasteiger partial charge in [0.2, 0.25) is 0 Å². The zero-order valence-electron chi connectivity index (χ0n) is 8.95. The Balaban J connectivity index is 2.07. The van der Waals surface area contributed by atoms with E-state index in [1.54, 1.807) is 9.24 Å². The lowest BCUT2D eigenvalue weighted by Gasteiger charge is -2.22. The van der Waals surface area contributed by atoms with Gasteiger partial charge in [0.25, 0.3) is 0 Å². The zero-order valence-corrected chi connectivity index (χ0v) is 14.5. The van der Waals surface area contributed by atoms with Crippen molar-refractivity contribution in [2.45, 2.75) is 11.4 Å². The van der Waals surface area contributed by atoms with E-state index in [-0.39, 0.29) is 0 Å². The third-order valence-corrected chi connectivity index (χ3v) is 19.4. The average molecular weight is 409 g/mol. The summed E-state index contributed by atoms with van der Waals surface area (Å²) in [4.78, 5) is -0.482. The minimum absolute atomic E-state index is 0.736. The largest absolute Gasteiger partial charge is 0.175 e. The average Bonchev–Trinajstić information content (AvgIpc) is 3.10. The van der Waals surface area contributed by atoms with Crippen molar-refractivity contribution >= 4 is 70.6 Å². The standard InChI is InChI=1S/C12H11IPS3/c13-14(10-4-1-7-15-10,11-5-2-8-16-11)12-6-3-9-17-12/h1-5,7-9,12H,6H2/q+1. The Kier molecular flexibility index (Phi) is 3.98. The first-order chi connectivity index (χ1) is 8.32. The maximum atomic E-state index is 2.77. The van der Waals surface area contributed by atoms with Crippen molar-refractivity contribution in [2.24, 2.45) is 0 Å². The van der Waals surface area contributed by atoms with Crippen molar-refractivity contribution in [3.63, 3.8) is 0 Å². The molecule has 0 N–H and O–H groups in total. The van der Waals surface area contributed by atoms with Crippen molar-refractivity contribution in [1.82, 2.24) is 0 Å². The molecule has 2 aromatic heterocycles. The van der Waals surface area contributed by atoms with Crippen LogP contribution in [0.2, 0.25) is 0 Å². The molecule has 3 heterocycles. The van der Waals surface area contributed by atoms with Gasteiger partial charge in [0.05, 0.1) is 0 Å². The lowest BCUT2D eigenvalue weighted by atomic mass is 10.5. The topological polar surface area (TPSA) is 0 Å². The van der Waals surface area contributed by atoms with E-state index in [0.717, 1.165) is 4.99 Å². The fraction of sp³-hybridized carbons (Fsp3) is 0.167. The lowest BCUT2D eigenvalue weighted by Crippen LogP contribution is -2.20. The van der Waals surface area contributed by atoms with Crippen molar-refractivity contribution in [2.75, 3.05) is 0 Å². The van der Waals surface area contributed by atoms with Crippen LogP contribution in [0.1, 0.15) is 6.42 Å². The Labute approximate surface area is 127 Å². The summed E-state index contributed by atoms with van der Waals surface area (Å²) >= 11 is 8.64. The molecule has 0 fully saturated rings. The lowest BCUT2D eigenvalue weighted by molar-refractivity contribution is 1.20. The van der Waals surface area contributed by atoms with Crippen LogP contribution in [0.5, 0.6) is 0 Å². The minimum Gasteiger partial charge on any atom is -0.106 e. The Hall–Kier alpha value is 0.650. The van der Waals surface area contributed by atoms with Crippen LogP contribution in [-0.2, 0) is 0 Å². The van der Waals surface area contributed by atoms with Crippen LogP contribution in [0.4, 0.5) is 0 Å². The summed E-state index contributed by atoms with van der Waals surface area (Å²) in [5.41, 5.74) is 0. The van der Waals surface area contributed by atoms with E-state index in [9.17, 15) is 0 Å². The van der Waals surface area contributed by atoms with E-state index in [2.05, 4.69) is 68.6 Å². The van der Waals surface area contributed by atoms with Gasteiger partial charge in [-0.05, 0) is 40.4 Å². The van der Waals surface area contributed by atoms with Crippen LogP contribution >= 0.6 is 61.4 Å². The fourth-order valence-electron chi connectivity index (χ4n) is 1.91. The molecule has 5 heteroatoms. The highest BCUT2D eigenvalue weighted by Gasteiger charge is 2.51. The van der Waals surface area contributed by atoms with E-state index in [1.165, 1.54) is 6.42 Å². The number of hydrogen-bond acceptors (Lipinski definition) is 3. The number of halogens is 1. The van der Waals surface area contributed by atoms with Crippen LogP contribution < -0.4 is 9.24 Å². The van der Waals surface area contributed by atoms with Crippen molar-refractivity contribution in [3.05, 3.63) is 46.5 Å². The molecule has 0 aliphatic carbocycles. The molecule has 1 unspecified atom stereocenters. The molecule has 1 aliphatic heterocycles. The number of rotatable bonds is 3. The Morgan fingerprint density at radius 1 is 1.12 bits per heavy atom. The summed E-state index contributed by atoms with van der Waals surface area (Å²) < 4.78 is 3.17. The molecule has 1 aliphatic rings. The zero-order chi connectivity index (χ0) is 11.7. The Morgan fingerprint density at radius 2 is 1.76 bits per heavy atom. The first kappa shape index (κ1) is 12.7. The quantitative estimate of drug-likeness (QED) is 0.502. The molecular weight excluding hydrogens is 398 g/mol. The first-order valence-electron chi connectivity index (χ1n) is 5.29. The molecule has 0 radical (unpaired) electrons. The fourth-order valence-corrected chi connectivity index (χ4v) is 15.2. The van der Waals surface area contributed by atoms with E-state index < -0.39 is 4.90 Å². The van der Waals surface area contributed by atoms with Crippen molar-refractivity contribution in [3.8, 4) is 0 Å². The summed E-state index contributed by atoms with van der Waals surface area (Å²) in [6.07, 6.45) is 3.54. The van der Waals surface area contributed by atoms with Crippen LogP contribution in [0.3, 0.4) is 0 Å². The van der Waals surface area contributed by atoms with Gasteiger partial charge in [0, 0.05) is 6.42 Å². The third-order valence-electron chi connectivity index (χ3n) is 2.72. The van der Waals surface area contributed by atoms with Crippen LogP contribution in [-0.4, -0.2) is 4.99 Å². The highest BCUT2D eigenvalue weighted by Crippen LogP contribution is 2.74. The Morgan fingerprint density at radius 3 is 2.18 bits per heavy atom. The molecule has 0 spiro atoms. The van der Waals surface area contributed by atoms with Crippen LogP contribution in [0.25, 0.3) is 0 Å². The van der Waals surface area contributed by atoms with Gasteiger partial charge in [0.15, 0.2) is 36.2 Å². The molecule has 0 saturated carbocycles. The monoisotopic (exact) mass is 409 g/mol. The Bertz CT molecular complexity index is 462. The molecular formula is C12H11IPS3+. The van der Waals surface area contributed by atoms with Crippen LogP contribution in [0.15, 0.2) is 46.5 Å². The van der Waals surface area contributed by atoms with Gasteiger partial charge in [-0.1, -0.05) is 17.8 Å². The number of allylic oxidation sites excluding steroid dienone is 1. The summed E-state index contributed by atoms with van der Waals surface area (Å²) in [6, 6.07) is 9.02. The highest BCUT2D eigenvalue weighted by molar-refractivity contribution is 14.2. The number of thioether (sulfide) groups is 1. The second kappa shape index (κ2) is 5.33.